The third kappa shape index (κ3) is 4.50. The molecule has 0 radical (unpaired) electrons. The molecule has 0 aliphatic rings. The predicted octanol–water partition coefficient (Wildman–Crippen LogP) is 1.31. The van der Waals surface area contributed by atoms with Crippen LogP contribution in [0.3, 0.4) is 0 Å². The van der Waals surface area contributed by atoms with Crippen molar-refractivity contribution in [3.63, 3.8) is 0 Å². The Hall–Kier alpha value is -1.46. The number of rotatable bonds is 7. The van der Waals surface area contributed by atoms with Crippen LogP contribution in [-0.2, 0) is 16.1 Å². The average molecular weight is 237 g/mol. The van der Waals surface area contributed by atoms with Crippen molar-refractivity contribution < 1.29 is 9.47 Å². The maximum absolute atomic E-state index is 7.41. The zero-order valence-electron chi connectivity index (χ0n) is 10.3. The minimum Gasteiger partial charge on any atom is -0.382 e. The highest BCUT2D eigenvalue weighted by Gasteiger charge is 2.08. The van der Waals surface area contributed by atoms with E-state index in [1.807, 2.05) is 19.9 Å². The molecule has 1 rings (SSSR count). The number of nitrogens with zero attached hydrogens (tertiary/aromatic N) is 1. The second-order valence-corrected chi connectivity index (χ2v) is 3.71. The van der Waals surface area contributed by atoms with Gasteiger partial charge in [-0.25, -0.2) is 0 Å². The Morgan fingerprint density at radius 2 is 2.35 bits per heavy atom. The van der Waals surface area contributed by atoms with E-state index in [1.54, 1.807) is 12.3 Å². The first-order valence-corrected chi connectivity index (χ1v) is 5.62. The van der Waals surface area contributed by atoms with Gasteiger partial charge >= 0.3 is 0 Å². The third-order valence-electron chi connectivity index (χ3n) is 2.23. The summed E-state index contributed by atoms with van der Waals surface area (Å²) in [5, 5.41) is 7.41. The van der Waals surface area contributed by atoms with E-state index in [9.17, 15) is 0 Å². The van der Waals surface area contributed by atoms with Crippen LogP contribution in [0.1, 0.15) is 25.1 Å². The van der Waals surface area contributed by atoms with Gasteiger partial charge in [-0.05, 0) is 19.9 Å². The SMILES string of the molecule is CCOCC(C)OCc1cccnc1C(=N)N. The van der Waals surface area contributed by atoms with E-state index in [0.717, 1.165) is 5.56 Å². The maximum atomic E-state index is 7.41. The highest BCUT2D eigenvalue weighted by Crippen LogP contribution is 2.08. The van der Waals surface area contributed by atoms with Crippen molar-refractivity contribution in [1.29, 1.82) is 5.41 Å². The quantitative estimate of drug-likeness (QED) is 0.553. The molecule has 1 heterocycles. The van der Waals surface area contributed by atoms with Gasteiger partial charge in [0.2, 0.25) is 0 Å². The lowest BCUT2D eigenvalue weighted by molar-refractivity contribution is -0.0118. The van der Waals surface area contributed by atoms with E-state index in [2.05, 4.69) is 4.98 Å². The van der Waals surface area contributed by atoms with Crippen LogP contribution in [0.5, 0.6) is 0 Å². The topological polar surface area (TPSA) is 81.2 Å². The molecule has 0 aliphatic heterocycles. The summed E-state index contributed by atoms with van der Waals surface area (Å²) in [5.74, 6) is -0.0401. The summed E-state index contributed by atoms with van der Waals surface area (Å²) < 4.78 is 10.9. The number of nitrogen functional groups attached to an aromatic ring is 1. The normalized spacial score (nSPS) is 12.4. The molecule has 1 aromatic heterocycles. The zero-order chi connectivity index (χ0) is 12.7. The van der Waals surface area contributed by atoms with Crippen molar-refractivity contribution in [2.75, 3.05) is 13.2 Å². The van der Waals surface area contributed by atoms with E-state index in [-0.39, 0.29) is 11.9 Å². The Morgan fingerprint density at radius 1 is 1.59 bits per heavy atom. The summed E-state index contributed by atoms with van der Waals surface area (Å²) in [6, 6.07) is 3.66. The molecule has 94 valence electrons. The van der Waals surface area contributed by atoms with Crippen molar-refractivity contribution in [1.82, 2.24) is 4.98 Å². The average Bonchev–Trinajstić information content (AvgIpc) is 2.34. The first-order valence-electron chi connectivity index (χ1n) is 5.62. The van der Waals surface area contributed by atoms with E-state index in [0.29, 0.717) is 25.5 Å². The standard InChI is InChI=1S/C12H19N3O2/c1-3-16-7-9(2)17-8-10-5-4-6-15-11(10)12(13)14/h4-6,9H,3,7-8H2,1-2H3,(H3,13,14). The Kier molecular flexibility index (Phi) is 5.59. The molecule has 0 spiro atoms. The van der Waals surface area contributed by atoms with Crippen molar-refractivity contribution in [2.24, 2.45) is 5.73 Å². The summed E-state index contributed by atoms with van der Waals surface area (Å²) in [5.41, 5.74) is 6.75. The fourth-order valence-electron chi connectivity index (χ4n) is 1.36. The van der Waals surface area contributed by atoms with E-state index in [1.165, 1.54) is 0 Å². The van der Waals surface area contributed by atoms with Gasteiger partial charge in [0.25, 0.3) is 0 Å². The molecule has 0 fully saturated rings. The van der Waals surface area contributed by atoms with Crippen molar-refractivity contribution in [3.8, 4) is 0 Å². The molecule has 3 N–H and O–H groups in total. The van der Waals surface area contributed by atoms with Crippen LogP contribution in [0.4, 0.5) is 0 Å². The van der Waals surface area contributed by atoms with Crippen LogP contribution in [0.2, 0.25) is 0 Å². The number of nitrogens with two attached hydrogens (primary N) is 1. The third-order valence-corrected chi connectivity index (χ3v) is 2.23. The van der Waals surface area contributed by atoms with Crippen LogP contribution in [0.15, 0.2) is 18.3 Å². The number of pyridine rings is 1. The van der Waals surface area contributed by atoms with Gasteiger partial charge in [0.15, 0.2) is 0 Å². The number of nitrogens with one attached hydrogen (secondary N) is 1. The van der Waals surface area contributed by atoms with E-state index < -0.39 is 0 Å². The van der Waals surface area contributed by atoms with Crippen molar-refractivity contribution >= 4 is 5.84 Å². The molecule has 0 amide bonds. The lowest BCUT2D eigenvalue weighted by atomic mass is 10.2. The van der Waals surface area contributed by atoms with Gasteiger partial charge in [0, 0.05) is 18.4 Å². The molecule has 1 unspecified atom stereocenters. The van der Waals surface area contributed by atoms with Crippen molar-refractivity contribution in [2.45, 2.75) is 26.6 Å². The molecular formula is C12H19N3O2. The molecular weight excluding hydrogens is 218 g/mol. The molecule has 1 aromatic rings. The van der Waals surface area contributed by atoms with Crippen LogP contribution >= 0.6 is 0 Å². The molecule has 17 heavy (non-hydrogen) atoms. The fourth-order valence-corrected chi connectivity index (χ4v) is 1.36. The van der Waals surface area contributed by atoms with Gasteiger partial charge in [0.05, 0.1) is 19.3 Å². The lowest BCUT2D eigenvalue weighted by Gasteiger charge is -2.14. The van der Waals surface area contributed by atoms with Crippen molar-refractivity contribution in [3.05, 3.63) is 29.6 Å². The summed E-state index contributed by atoms with van der Waals surface area (Å²) in [4.78, 5) is 4.06. The van der Waals surface area contributed by atoms with Gasteiger partial charge < -0.3 is 15.2 Å². The minimum absolute atomic E-state index is 0.00923. The summed E-state index contributed by atoms with van der Waals surface area (Å²) in [6.45, 7) is 5.52. The molecule has 1 atom stereocenters. The molecule has 5 nitrogen and oxygen atoms in total. The maximum Gasteiger partial charge on any atom is 0.142 e. The molecule has 0 bridgehead atoms. The number of amidine groups is 1. The van der Waals surface area contributed by atoms with Crippen LogP contribution in [-0.4, -0.2) is 30.1 Å². The van der Waals surface area contributed by atoms with Gasteiger partial charge in [-0.1, -0.05) is 6.07 Å². The lowest BCUT2D eigenvalue weighted by Crippen LogP contribution is -2.19. The number of hydrogen-bond donors (Lipinski definition) is 2. The Labute approximate surface area is 101 Å². The molecule has 0 saturated carbocycles. The van der Waals surface area contributed by atoms with Gasteiger partial charge in [-0.3, -0.25) is 10.4 Å². The van der Waals surface area contributed by atoms with Gasteiger partial charge in [0.1, 0.15) is 11.5 Å². The Morgan fingerprint density at radius 3 is 3.00 bits per heavy atom. The molecule has 0 saturated heterocycles. The van der Waals surface area contributed by atoms with E-state index in [4.69, 9.17) is 20.6 Å². The Bertz CT molecular complexity index is 369. The summed E-state index contributed by atoms with van der Waals surface area (Å²) in [6.07, 6.45) is 1.62. The first-order chi connectivity index (χ1) is 8.15. The largest absolute Gasteiger partial charge is 0.382 e. The fraction of sp³-hybridized carbons (Fsp3) is 0.500. The molecule has 5 heteroatoms. The first kappa shape index (κ1) is 13.6. The number of ether oxygens (including phenoxy) is 2. The van der Waals surface area contributed by atoms with Gasteiger partial charge in [-0.15, -0.1) is 0 Å². The van der Waals surface area contributed by atoms with Crippen LogP contribution in [0, 0.1) is 5.41 Å². The van der Waals surface area contributed by atoms with Crippen LogP contribution < -0.4 is 5.73 Å². The summed E-state index contributed by atoms with van der Waals surface area (Å²) in [7, 11) is 0. The highest BCUT2D eigenvalue weighted by molar-refractivity contribution is 5.94. The highest BCUT2D eigenvalue weighted by atomic mass is 16.5. The van der Waals surface area contributed by atoms with Gasteiger partial charge in [-0.2, -0.15) is 0 Å². The smallest absolute Gasteiger partial charge is 0.142 e. The van der Waals surface area contributed by atoms with E-state index >= 15 is 0 Å². The summed E-state index contributed by atoms with van der Waals surface area (Å²) >= 11 is 0. The second kappa shape index (κ2) is 6.98. The Balaban J connectivity index is 2.54. The monoisotopic (exact) mass is 237 g/mol. The predicted molar refractivity (Wildman–Crippen MR) is 66.0 cm³/mol. The number of hydrogen-bond acceptors (Lipinski definition) is 4. The molecule has 0 aliphatic carbocycles. The second-order valence-electron chi connectivity index (χ2n) is 3.71. The van der Waals surface area contributed by atoms with Crippen LogP contribution in [0.25, 0.3) is 0 Å². The minimum atomic E-state index is -0.0401. The molecule has 0 aromatic carbocycles. The zero-order valence-corrected chi connectivity index (χ0v) is 10.3. The number of aromatic nitrogens is 1.